The number of hydrogen-bond acceptors (Lipinski definition) is 2. The Labute approximate surface area is 151 Å². The molecule has 0 aliphatic carbocycles. The third-order valence-electron chi connectivity index (χ3n) is 4.50. The molecule has 0 spiro atoms. The lowest BCUT2D eigenvalue weighted by Gasteiger charge is -2.26. The van der Waals surface area contributed by atoms with Crippen molar-refractivity contribution in [2.75, 3.05) is 13.6 Å². The molecule has 2 aromatic carbocycles. The number of rotatable bonds is 6. The van der Waals surface area contributed by atoms with Crippen molar-refractivity contribution >= 4 is 11.0 Å². The molecule has 3 aromatic rings. The quantitative estimate of drug-likeness (QED) is 0.606. The third-order valence-corrected chi connectivity index (χ3v) is 4.50. The van der Waals surface area contributed by atoms with Crippen LogP contribution in [0.4, 0.5) is 13.2 Å². The largest absolute Gasteiger partial charge is 0.449 e. The van der Waals surface area contributed by atoms with E-state index in [-0.39, 0.29) is 6.04 Å². The van der Waals surface area contributed by atoms with Gasteiger partial charge in [0, 0.05) is 19.1 Å². The van der Waals surface area contributed by atoms with Crippen molar-refractivity contribution in [2.45, 2.75) is 32.1 Å². The van der Waals surface area contributed by atoms with Gasteiger partial charge >= 0.3 is 6.18 Å². The Bertz CT molecular complexity index is 856. The Balaban J connectivity index is 1.92. The zero-order valence-electron chi connectivity index (χ0n) is 14.9. The fourth-order valence-corrected chi connectivity index (χ4v) is 3.33. The predicted molar refractivity (Wildman–Crippen MR) is 96.8 cm³/mol. The molecule has 0 N–H and O–H groups in total. The lowest BCUT2D eigenvalue weighted by Crippen LogP contribution is -2.29. The summed E-state index contributed by atoms with van der Waals surface area (Å²) in [6, 6.07) is 16.4. The molecule has 1 aromatic heterocycles. The standard InChI is InChI=1S/C20H22F3N3/c1-3-16(14-25(2)13-15-9-5-4-6-10-15)26-18-12-8-7-11-17(18)24-19(26)20(21,22)23/h4-12,16H,3,13-14H2,1-2H3. The molecule has 0 saturated heterocycles. The molecule has 0 amide bonds. The molecule has 1 heterocycles. The molecular formula is C20H22F3N3. The highest BCUT2D eigenvalue weighted by Gasteiger charge is 2.39. The summed E-state index contributed by atoms with van der Waals surface area (Å²) in [6.07, 6.45) is -3.90. The zero-order valence-corrected chi connectivity index (χ0v) is 14.9. The fraction of sp³-hybridized carbons (Fsp3) is 0.350. The van der Waals surface area contributed by atoms with Crippen LogP contribution in [-0.4, -0.2) is 28.0 Å². The average molecular weight is 361 g/mol. The van der Waals surface area contributed by atoms with E-state index in [1.54, 1.807) is 24.3 Å². The number of aromatic nitrogens is 2. The summed E-state index contributed by atoms with van der Waals surface area (Å²) in [5, 5.41) is 0. The normalized spacial score (nSPS) is 13.5. The maximum Gasteiger partial charge on any atom is 0.449 e. The summed E-state index contributed by atoms with van der Waals surface area (Å²) < 4.78 is 42.1. The number of likely N-dealkylation sites (N-methyl/N-ethyl adjacent to an activating group) is 1. The summed E-state index contributed by atoms with van der Waals surface area (Å²) >= 11 is 0. The van der Waals surface area contributed by atoms with Gasteiger partial charge in [0.15, 0.2) is 0 Å². The average Bonchev–Trinajstić information content (AvgIpc) is 3.00. The van der Waals surface area contributed by atoms with Gasteiger partial charge in [0.2, 0.25) is 5.82 Å². The van der Waals surface area contributed by atoms with Gasteiger partial charge < -0.3 is 9.47 Å². The monoisotopic (exact) mass is 361 g/mol. The number of nitrogens with zero attached hydrogens (tertiary/aromatic N) is 3. The van der Waals surface area contributed by atoms with Gasteiger partial charge in [-0.05, 0) is 31.2 Å². The molecule has 3 nitrogen and oxygen atoms in total. The Kier molecular flexibility index (Phi) is 5.32. The van der Waals surface area contributed by atoms with Crippen LogP contribution in [0.5, 0.6) is 0 Å². The molecule has 3 rings (SSSR count). The summed E-state index contributed by atoms with van der Waals surface area (Å²) in [6.45, 7) is 3.11. The first-order valence-electron chi connectivity index (χ1n) is 8.66. The van der Waals surface area contributed by atoms with Crippen molar-refractivity contribution < 1.29 is 13.2 Å². The molecule has 1 atom stereocenters. The van der Waals surface area contributed by atoms with Crippen LogP contribution >= 0.6 is 0 Å². The van der Waals surface area contributed by atoms with Crippen LogP contribution in [0.15, 0.2) is 54.6 Å². The molecule has 0 fully saturated rings. The van der Waals surface area contributed by atoms with E-state index in [1.165, 1.54) is 4.57 Å². The van der Waals surface area contributed by atoms with Crippen molar-refractivity contribution in [1.82, 2.24) is 14.5 Å². The van der Waals surface area contributed by atoms with Crippen LogP contribution in [-0.2, 0) is 12.7 Å². The van der Waals surface area contributed by atoms with Gasteiger partial charge in [-0.2, -0.15) is 13.2 Å². The van der Waals surface area contributed by atoms with Crippen molar-refractivity contribution in [3.05, 3.63) is 66.0 Å². The molecule has 1 unspecified atom stereocenters. The van der Waals surface area contributed by atoms with Crippen molar-refractivity contribution in [3.8, 4) is 0 Å². The van der Waals surface area contributed by atoms with E-state index in [1.807, 2.05) is 44.3 Å². The molecule has 0 bridgehead atoms. The topological polar surface area (TPSA) is 21.1 Å². The van der Waals surface area contributed by atoms with E-state index < -0.39 is 12.0 Å². The van der Waals surface area contributed by atoms with Gasteiger partial charge in [-0.3, -0.25) is 0 Å². The number of halogens is 3. The number of alkyl halides is 3. The SMILES string of the molecule is CCC(CN(C)Cc1ccccc1)n1c(C(F)(F)F)nc2ccccc21. The molecular weight excluding hydrogens is 339 g/mol. The molecule has 26 heavy (non-hydrogen) atoms. The summed E-state index contributed by atoms with van der Waals surface area (Å²) in [5.41, 5.74) is 2.04. The van der Waals surface area contributed by atoms with Crippen molar-refractivity contribution in [1.29, 1.82) is 0 Å². The number of fused-ring (bicyclic) bond motifs is 1. The smallest absolute Gasteiger partial charge is 0.316 e. The van der Waals surface area contributed by atoms with Crippen molar-refractivity contribution in [3.63, 3.8) is 0 Å². The minimum absolute atomic E-state index is 0.312. The molecule has 0 radical (unpaired) electrons. The Morgan fingerprint density at radius 3 is 2.35 bits per heavy atom. The van der Waals surface area contributed by atoms with E-state index in [0.717, 1.165) is 5.56 Å². The summed E-state index contributed by atoms with van der Waals surface area (Å²) in [5.74, 6) is -0.821. The number of hydrogen-bond donors (Lipinski definition) is 0. The Hall–Kier alpha value is -2.34. The minimum atomic E-state index is -4.48. The minimum Gasteiger partial charge on any atom is -0.316 e. The Morgan fingerprint density at radius 1 is 1.04 bits per heavy atom. The van der Waals surface area contributed by atoms with Crippen LogP contribution in [0.2, 0.25) is 0 Å². The molecule has 0 saturated carbocycles. The van der Waals surface area contributed by atoms with Gasteiger partial charge in [0.25, 0.3) is 0 Å². The van der Waals surface area contributed by atoms with E-state index in [0.29, 0.717) is 30.5 Å². The van der Waals surface area contributed by atoms with Gasteiger partial charge in [-0.15, -0.1) is 0 Å². The van der Waals surface area contributed by atoms with E-state index in [4.69, 9.17) is 0 Å². The highest BCUT2D eigenvalue weighted by Crippen LogP contribution is 2.34. The van der Waals surface area contributed by atoms with Gasteiger partial charge in [0.05, 0.1) is 11.0 Å². The summed E-state index contributed by atoms with van der Waals surface area (Å²) in [7, 11) is 1.93. The number of benzene rings is 2. The predicted octanol–water partition coefficient (Wildman–Crippen LogP) is 5.14. The number of imidazole rings is 1. The van der Waals surface area contributed by atoms with Crippen LogP contribution in [0, 0.1) is 0 Å². The maximum absolute atomic E-state index is 13.6. The van der Waals surface area contributed by atoms with E-state index in [2.05, 4.69) is 9.88 Å². The number of para-hydroxylation sites is 2. The van der Waals surface area contributed by atoms with Gasteiger partial charge in [-0.1, -0.05) is 49.4 Å². The first-order chi connectivity index (χ1) is 12.4. The molecule has 0 aliphatic rings. The van der Waals surface area contributed by atoms with Crippen LogP contribution in [0.3, 0.4) is 0 Å². The maximum atomic E-state index is 13.6. The second-order valence-electron chi connectivity index (χ2n) is 6.54. The van der Waals surface area contributed by atoms with Crippen LogP contribution < -0.4 is 0 Å². The first kappa shape index (κ1) is 18.5. The lowest BCUT2D eigenvalue weighted by molar-refractivity contribution is -0.147. The molecule has 0 aliphatic heterocycles. The zero-order chi connectivity index (χ0) is 18.7. The Morgan fingerprint density at radius 2 is 1.69 bits per heavy atom. The van der Waals surface area contributed by atoms with Crippen LogP contribution in [0.1, 0.15) is 30.8 Å². The fourth-order valence-electron chi connectivity index (χ4n) is 3.33. The first-order valence-corrected chi connectivity index (χ1v) is 8.66. The molecule has 6 heteroatoms. The van der Waals surface area contributed by atoms with Gasteiger partial charge in [-0.25, -0.2) is 4.98 Å². The highest BCUT2D eigenvalue weighted by atomic mass is 19.4. The summed E-state index contributed by atoms with van der Waals surface area (Å²) in [4.78, 5) is 5.92. The van der Waals surface area contributed by atoms with E-state index in [9.17, 15) is 13.2 Å². The highest BCUT2D eigenvalue weighted by molar-refractivity contribution is 5.76. The molecule has 138 valence electrons. The second-order valence-corrected chi connectivity index (χ2v) is 6.54. The second kappa shape index (κ2) is 7.50. The van der Waals surface area contributed by atoms with E-state index >= 15 is 0 Å². The lowest BCUT2D eigenvalue weighted by atomic mass is 10.1. The van der Waals surface area contributed by atoms with Crippen molar-refractivity contribution in [2.24, 2.45) is 0 Å². The van der Waals surface area contributed by atoms with Crippen LogP contribution in [0.25, 0.3) is 11.0 Å². The van der Waals surface area contributed by atoms with Gasteiger partial charge in [0.1, 0.15) is 0 Å². The third kappa shape index (κ3) is 3.90.